The predicted molar refractivity (Wildman–Crippen MR) is 150 cm³/mol. The number of methoxy groups -OCH3 is 2. The second-order valence-electron chi connectivity index (χ2n) is 8.17. The maximum absolute atomic E-state index is 13.4. The Labute approximate surface area is 233 Å². The van der Waals surface area contributed by atoms with Crippen molar-refractivity contribution in [2.45, 2.75) is 13.0 Å². The van der Waals surface area contributed by atoms with Crippen LogP contribution in [0.4, 0.5) is 11.4 Å². The number of ether oxygens (including phenoxy) is 2. The first kappa shape index (κ1) is 27.9. The van der Waals surface area contributed by atoms with Crippen LogP contribution in [0.25, 0.3) is 0 Å². The van der Waals surface area contributed by atoms with Crippen LogP contribution in [0.15, 0.2) is 92.6 Å². The Morgan fingerprint density at radius 2 is 1.26 bits per heavy atom. The number of rotatable bonds is 7. The normalized spacial score (nSPS) is 20.4. The van der Waals surface area contributed by atoms with Crippen LogP contribution >= 0.6 is 23.5 Å². The van der Waals surface area contributed by atoms with Gasteiger partial charge in [0.15, 0.2) is 10.3 Å². The molecule has 39 heavy (non-hydrogen) atoms. The molecule has 200 valence electrons. The summed E-state index contributed by atoms with van der Waals surface area (Å²) in [5.41, 5.74) is 1.24. The summed E-state index contributed by atoms with van der Waals surface area (Å²) in [5.74, 6) is -2.22. The summed E-state index contributed by atoms with van der Waals surface area (Å²) in [5, 5.41) is 0.694. The molecule has 2 fully saturated rings. The number of hydrogen-bond acceptors (Lipinski definition) is 10. The lowest BCUT2D eigenvalue weighted by molar-refractivity contribution is -0.136. The minimum atomic E-state index is -0.666. The van der Waals surface area contributed by atoms with E-state index in [1.54, 1.807) is 31.2 Å². The van der Waals surface area contributed by atoms with E-state index in [4.69, 9.17) is 9.47 Å². The highest BCUT2D eigenvalue weighted by Gasteiger charge is 2.41. The predicted octanol–water partition coefficient (Wildman–Crippen LogP) is 4.01. The summed E-state index contributed by atoms with van der Waals surface area (Å²) in [6, 6.07) is 17.6. The maximum atomic E-state index is 13.4. The van der Waals surface area contributed by atoms with Crippen LogP contribution in [0.1, 0.15) is 6.92 Å². The molecule has 0 spiro atoms. The first-order chi connectivity index (χ1) is 18.8. The van der Waals surface area contributed by atoms with Gasteiger partial charge in [-0.2, -0.15) is 0 Å². The number of aliphatic imine (C=N–C) groups is 2. The van der Waals surface area contributed by atoms with E-state index in [1.807, 2.05) is 36.4 Å². The number of amidine groups is 2. The Kier molecular flexibility index (Phi) is 8.99. The first-order valence-electron chi connectivity index (χ1n) is 11.7. The molecule has 0 aliphatic carbocycles. The fraction of sp³-hybridized carbons (Fsp3) is 0.185. The van der Waals surface area contributed by atoms with Crippen molar-refractivity contribution in [1.82, 2.24) is 9.80 Å². The minimum absolute atomic E-state index is 0.0433. The Bertz CT molecular complexity index is 1410. The summed E-state index contributed by atoms with van der Waals surface area (Å²) in [6.07, 6.45) is 2.24. The molecule has 2 aromatic rings. The smallest absolute Gasteiger partial charge is 0.331 e. The lowest BCUT2D eigenvalue weighted by atomic mass is 10.2. The molecule has 2 aliphatic heterocycles. The second-order valence-corrected chi connectivity index (χ2v) is 10.2. The molecule has 1 unspecified atom stereocenters. The molecule has 1 atom stereocenters. The Balaban J connectivity index is 1.69. The van der Waals surface area contributed by atoms with Crippen LogP contribution in [0.2, 0.25) is 0 Å². The van der Waals surface area contributed by atoms with Gasteiger partial charge in [0.2, 0.25) is 0 Å². The molecular weight excluding hydrogens is 540 g/mol. The Hall–Kier alpha value is -4.16. The van der Waals surface area contributed by atoms with E-state index in [-0.39, 0.29) is 16.4 Å². The zero-order chi connectivity index (χ0) is 27.9. The van der Waals surface area contributed by atoms with Gasteiger partial charge in [-0.1, -0.05) is 36.4 Å². The number of thioether (sulfide) groups is 2. The summed E-state index contributed by atoms with van der Waals surface area (Å²) in [6.45, 7) is 1.81. The first-order valence-corrected chi connectivity index (χ1v) is 13.3. The van der Waals surface area contributed by atoms with E-state index in [1.165, 1.54) is 24.0 Å². The average Bonchev–Trinajstić information content (AvgIpc) is 3.39. The van der Waals surface area contributed by atoms with Crippen LogP contribution in [-0.2, 0) is 28.7 Å². The van der Waals surface area contributed by atoms with Gasteiger partial charge in [-0.05, 0) is 54.7 Å². The van der Waals surface area contributed by atoms with Gasteiger partial charge in [0, 0.05) is 18.7 Å². The van der Waals surface area contributed by atoms with E-state index in [0.717, 1.165) is 35.7 Å². The van der Waals surface area contributed by atoms with Gasteiger partial charge < -0.3 is 9.47 Å². The maximum Gasteiger partial charge on any atom is 0.331 e. The van der Waals surface area contributed by atoms with Crippen molar-refractivity contribution in [2.24, 2.45) is 9.98 Å². The van der Waals surface area contributed by atoms with Crippen molar-refractivity contribution >= 4 is 69.0 Å². The molecule has 0 radical (unpaired) electrons. The Morgan fingerprint density at radius 3 is 1.77 bits per heavy atom. The van der Waals surface area contributed by atoms with Crippen LogP contribution in [0, 0.1) is 0 Å². The van der Waals surface area contributed by atoms with Crippen molar-refractivity contribution in [3.8, 4) is 0 Å². The fourth-order valence-corrected chi connectivity index (χ4v) is 5.63. The van der Waals surface area contributed by atoms with Gasteiger partial charge in [0.25, 0.3) is 11.8 Å². The number of carbonyl (C=O) groups excluding carboxylic acids is 4. The highest BCUT2D eigenvalue weighted by Crippen LogP contribution is 2.37. The monoisotopic (exact) mass is 564 g/mol. The molecule has 12 heteroatoms. The topological polar surface area (TPSA) is 118 Å². The number of nitrogens with zero attached hydrogens (tertiary/aromatic N) is 4. The number of esters is 2. The zero-order valence-electron chi connectivity index (χ0n) is 21.3. The molecule has 0 aromatic heterocycles. The third-order valence-corrected chi connectivity index (χ3v) is 7.46. The summed E-state index contributed by atoms with van der Waals surface area (Å²) >= 11 is 2.08. The Morgan fingerprint density at radius 1 is 0.795 bits per heavy atom. The molecule has 4 rings (SSSR count). The van der Waals surface area contributed by atoms with Crippen LogP contribution in [0.3, 0.4) is 0 Å². The molecule has 0 bridgehead atoms. The molecule has 2 amide bonds. The quantitative estimate of drug-likeness (QED) is 0.366. The molecule has 0 N–H and O–H groups in total. The van der Waals surface area contributed by atoms with Gasteiger partial charge in [-0.25, -0.2) is 19.6 Å². The molecule has 10 nitrogen and oxygen atoms in total. The van der Waals surface area contributed by atoms with E-state index >= 15 is 0 Å². The van der Waals surface area contributed by atoms with E-state index in [2.05, 4.69) is 9.98 Å². The van der Waals surface area contributed by atoms with E-state index < -0.39 is 29.8 Å². The fourth-order valence-electron chi connectivity index (χ4n) is 3.61. The van der Waals surface area contributed by atoms with Crippen molar-refractivity contribution in [3.05, 3.63) is 82.6 Å². The number of amides is 2. The number of benzene rings is 2. The standard InChI is InChI=1S/C27H24N4O6S2/c1-17(31-25(35)21(15-23(33)37-3)39-27(31)29-19-12-8-5-9-13-19)16-30-24(34)20(14-22(32)36-2)38-26(30)28-18-10-6-4-7-11-18/h4-15,17H,16H2,1-3H3/b20-14+,21-15-,28-26?,29-27?. The van der Waals surface area contributed by atoms with Crippen molar-refractivity contribution in [2.75, 3.05) is 20.8 Å². The van der Waals surface area contributed by atoms with Crippen molar-refractivity contribution in [1.29, 1.82) is 0 Å². The molecule has 2 heterocycles. The number of hydrogen-bond donors (Lipinski definition) is 0. The van der Waals surface area contributed by atoms with Gasteiger partial charge in [0.1, 0.15) is 0 Å². The average molecular weight is 565 g/mol. The molecule has 2 aromatic carbocycles. The SMILES string of the molecule is COC(=O)/C=C1\SC(=Nc2ccccc2)N(C(C)CN2C(=O)/C(=C\C(=O)OC)SC2=Nc2ccccc2)C1=O. The van der Waals surface area contributed by atoms with Gasteiger partial charge in [0.05, 0.1) is 41.4 Å². The van der Waals surface area contributed by atoms with Gasteiger partial charge in [-0.15, -0.1) is 0 Å². The van der Waals surface area contributed by atoms with Gasteiger partial charge in [-0.3, -0.25) is 19.4 Å². The van der Waals surface area contributed by atoms with Crippen LogP contribution in [0.5, 0.6) is 0 Å². The second kappa shape index (κ2) is 12.6. The zero-order valence-corrected chi connectivity index (χ0v) is 22.9. The molecule has 0 saturated carbocycles. The van der Waals surface area contributed by atoms with E-state index in [9.17, 15) is 19.2 Å². The van der Waals surface area contributed by atoms with Crippen LogP contribution < -0.4 is 0 Å². The summed E-state index contributed by atoms with van der Waals surface area (Å²) < 4.78 is 9.39. The lowest BCUT2D eigenvalue weighted by Crippen LogP contribution is -2.46. The number of carbonyl (C=O) groups is 4. The molecule has 2 saturated heterocycles. The summed E-state index contributed by atoms with van der Waals surface area (Å²) in [4.78, 5) is 62.9. The summed E-state index contributed by atoms with van der Waals surface area (Å²) in [7, 11) is 2.46. The van der Waals surface area contributed by atoms with Crippen molar-refractivity contribution < 1.29 is 28.7 Å². The van der Waals surface area contributed by atoms with E-state index in [0.29, 0.717) is 21.7 Å². The lowest BCUT2D eigenvalue weighted by Gasteiger charge is -2.27. The highest BCUT2D eigenvalue weighted by molar-refractivity contribution is 8.19. The third kappa shape index (κ3) is 6.65. The number of para-hydroxylation sites is 2. The van der Waals surface area contributed by atoms with Crippen LogP contribution in [-0.4, -0.2) is 70.7 Å². The molecule has 2 aliphatic rings. The molecular formula is C27H24N4O6S2. The van der Waals surface area contributed by atoms with Crippen molar-refractivity contribution in [3.63, 3.8) is 0 Å². The third-order valence-electron chi connectivity index (χ3n) is 5.47. The largest absolute Gasteiger partial charge is 0.466 e. The highest BCUT2D eigenvalue weighted by atomic mass is 32.2. The van der Waals surface area contributed by atoms with Gasteiger partial charge >= 0.3 is 11.9 Å². The minimum Gasteiger partial charge on any atom is -0.466 e.